The topological polar surface area (TPSA) is 96.1 Å². The zero-order chi connectivity index (χ0) is 22.1. The molecule has 1 N–H and O–H groups in total. The average Bonchev–Trinajstić information content (AvgIpc) is 2.77. The zero-order valence-electron chi connectivity index (χ0n) is 16.9. The summed E-state index contributed by atoms with van der Waals surface area (Å²) in [6.07, 6.45) is 1.40. The molecule has 0 spiro atoms. The molecule has 2 aromatic carbocycles. The van der Waals surface area contributed by atoms with Crippen LogP contribution in [0.1, 0.15) is 0 Å². The molecule has 9 heteroatoms. The first-order valence-electron chi connectivity index (χ1n) is 9.43. The van der Waals surface area contributed by atoms with Gasteiger partial charge < -0.3 is 18.9 Å². The van der Waals surface area contributed by atoms with Crippen LogP contribution in [0.4, 0.5) is 5.69 Å². The van der Waals surface area contributed by atoms with Gasteiger partial charge in [-0.1, -0.05) is 12.1 Å². The third kappa shape index (κ3) is 6.22. The summed E-state index contributed by atoms with van der Waals surface area (Å²) in [4.78, 5) is 28.5. The lowest BCUT2D eigenvalue weighted by Gasteiger charge is -2.14. The largest absolute Gasteiger partial charge is 0.491 e. The fourth-order valence-electron chi connectivity index (χ4n) is 2.63. The molecule has 0 fully saturated rings. The van der Waals surface area contributed by atoms with E-state index >= 15 is 0 Å². The number of aromatic amines is 1. The van der Waals surface area contributed by atoms with Gasteiger partial charge in [0.15, 0.2) is 17.2 Å². The predicted molar refractivity (Wildman–Crippen MR) is 113 cm³/mol. The van der Waals surface area contributed by atoms with Crippen LogP contribution >= 0.6 is 0 Å². The minimum absolute atomic E-state index is 0.129. The van der Waals surface area contributed by atoms with Crippen molar-refractivity contribution in [3.05, 3.63) is 87.0 Å². The molecule has 9 nitrogen and oxygen atoms in total. The number of hydrogen-bond acceptors (Lipinski definition) is 6. The molecule has 0 bridgehead atoms. The number of rotatable bonds is 10. The lowest BCUT2D eigenvalue weighted by atomic mass is 10.2. The molecule has 0 atom stereocenters. The summed E-state index contributed by atoms with van der Waals surface area (Å²) >= 11 is 0. The Balaban J connectivity index is 1.72. The average molecular weight is 423 g/mol. The van der Waals surface area contributed by atoms with Crippen LogP contribution in [0.2, 0.25) is 0 Å². The molecule has 0 saturated heterocycles. The van der Waals surface area contributed by atoms with Gasteiger partial charge in [-0.05, 0) is 24.3 Å². The third-order valence-corrected chi connectivity index (χ3v) is 4.13. The van der Waals surface area contributed by atoms with Gasteiger partial charge in [-0.25, -0.2) is 9.64 Å². The molecule has 0 saturated carbocycles. The number of aromatic nitrogens is 2. The van der Waals surface area contributed by atoms with Crippen molar-refractivity contribution in [2.45, 2.75) is 6.54 Å². The summed E-state index contributed by atoms with van der Waals surface area (Å²) in [5, 5.41) is 0. The maximum atomic E-state index is 11.8. The van der Waals surface area contributed by atoms with Gasteiger partial charge in [-0.3, -0.25) is 14.3 Å². The van der Waals surface area contributed by atoms with Gasteiger partial charge in [-0.15, -0.1) is 0 Å². The summed E-state index contributed by atoms with van der Waals surface area (Å²) in [5.74, 6) is 1.94. The normalized spacial score (nSPS) is 10.3. The Labute approximate surface area is 178 Å². The zero-order valence-corrected chi connectivity index (χ0v) is 16.9. The highest BCUT2D eigenvalue weighted by molar-refractivity contribution is 5.56. The molecule has 0 radical (unpaired) electrons. The van der Waals surface area contributed by atoms with Crippen LogP contribution in [0, 0.1) is 6.57 Å². The van der Waals surface area contributed by atoms with E-state index in [9.17, 15) is 9.59 Å². The summed E-state index contributed by atoms with van der Waals surface area (Å²) in [6, 6.07) is 13.2. The Hall–Kier alpha value is -4.03. The summed E-state index contributed by atoms with van der Waals surface area (Å²) in [7, 11) is 1.60. The van der Waals surface area contributed by atoms with Gasteiger partial charge >= 0.3 is 5.69 Å². The molecule has 0 unspecified atom stereocenters. The first-order chi connectivity index (χ1) is 15.1. The highest BCUT2D eigenvalue weighted by atomic mass is 16.5. The summed E-state index contributed by atoms with van der Waals surface area (Å²) < 4.78 is 23.6. The molecule has 31 heavy (non-hydrogen) atoms. The van der Waals surface area contributed by atoms with E-state index in [1.165, 1.54) is 16.8 Å². The number of benzene rings is 2. The van der Waals surface area contributed by atoms with E-state index in [4.69, 9.17) is 25.5 Å². The van der Waals surface area contributed by atoms with Gasteiger partial charge in [-0.2, -0.15) is 0 Å². The third-order valence-electron chi connectivity index (χ3n) is 4.13. The van der Waals surface area contributed by atoms with Crippen molar-refractivity contribution in [3.8, 4) is 23.0 Å². The van der Waals surface area contributed by atoms with E-state index in [2.05, 4.69) is 9.83 Å². The van der Waals surface area contributed by atoms with Crippen molar-refractivity contribution in [1.29, 1.82) is 0 Å². The molecule has 0 aliphatic heterocycles. The SMILES string of the molecule is [C-]#[N+]c1ccc(Oc2cccc(OCCOC)c2)c(OCCn2ccc(=O)[nH]c2=O)c1. The first kappa shape index (κ1) is 21.7. The van der Waals surface area contributed by atoms with Crippen molar-refractivity contribution in [1.82, 2.24) is 9.55 Å². The minimum atomic E-state index is -0.521. The maximum Gasteiger partial charge on any atom is 0.328 e. The number of nitrogens with one attached hydrogen (secondary N) is 1. The number of H-pyrrole nitrogens is 1. The second kappa shape index (κ2) is 10.7. The fourth-order valence-corrected chi connectivity index (χ4v) is 2.63. The number of nitrogens with zero attached hydrogens (tertiary/aromatic N) is 2. The standard InChI is InChI=1S/C22H21N3O6/c1-23-16-6-7-19(31-18-5-3-4-17(15-18)29-13-12-28-2)20(14-16)30-11-10-25-9-8-21(26)24-22(25)27/h3-9,14-15H,10-13H2,2H3,(H,24,26,27). The smallest absolute Gasteiger partial charge is 0.328 e. The number of ether oxygens (including phenoxy) is 4. The van der Waals surface area contributed by atoms with Gasteiger partial charge in [0.25, 0.3) is 5.56 Å². The summed E-state index contributed by atoms with van der Waals surface area (Å²) in [5.41, 5.74) is -0.593. The quantitative estimate of drug-likeness (QED) is 0.398. The predicted octanol–water partition coefficient (Wildman–Crippen LogP) is 2.98. The molecule has 3 rings (SSSR count). The van der Waals surface area contributed by atoms with E-state index in [0.29, 0.717) is 41.9 Å². The molecular weight excluding hydrogens is 402 g/mol. The number of methoxy groups -OCH3 is 1. The molecule has 3 aromatic rings. The van der Waals surface area contributed by atoms with E-state index in [0.717, 1.165) is 0 Å². The second-order valence-electron chi connectivity index (χ2n) is 6.31. The highest BCUT2D eigenvalue weighted by Crippen LogP contribution is 2.36. The number of hydrogen-bond donors (Lipinski definition) is 1. The Morgan fingerprint density at radius 1 is 0.968 bits per heavy atom. The van der Waals surface area contributed by atoms with Gasteiger partial charge in [0, 0.05) is 25.4 Å². The van der Waals surface area contributed by atoms with Crippen LogP contribution in [0.15, 0.2) is 64.3 Å². The molecular formula is C22H21N3O6. The first-order valence-corrected chi connectivity index (χ1v) is 9.43. The van der Waals surface area contributed by atoms with Crippen molar-refractivity contribution in [3.63, 3.8) is 0 Å². The molecule has 160 valence electrons. The van der Waals surface area contributed by atoms with Crippen molar-refractivity contribution >= 4 is 5.69 Å². The lowest BCUT2D eigenvalue weighted by molar-refractivity contribution is 0.146. The Morgan fingerprint density at radius 3 is 2.58 bits per heavy atom. The van der Waals surface area contributed by atoms with Gasteiger partial charge in [0.2, 0.25) is 0 Å². The van der Waals surface area contributed by atoms with Gasteiger partial charge in [0.05, 0.1) is 19.7 Å². The maximum absolute atomic E-state index is 11.8. The highest BCUT2D eigenvalue weighted by Gasteiger charge is 2.10. The van der Waals surface area contributed by atoms with E-state index in [1.807, 2.05) is 6.07 Å². The van der Waals surface area contributed by atoms with E-state index in [1.54, 1.807) is 43.5 Å². The van der Waals surface area contributed by atoms with E-state index in [-0.39, 0.29) is 13.2 Å². The van der Waals surface area contributed by atoms with Crippen LogP contribution in [-0.4, -0.2) is 36.5 Å². The fraction of sp³-hybridized carbons (Fsp3) is 0.227. The Kier molecular flexibility index (Phi) is 7.45. The Bertz CT molecular complexity index is 1180. The van der Waals surface area contributed by atoms with Crippen molar-refractivity contribution < 1.29 is 18.9 Å². The molecule has 0 aliphatic rings. The van der Waals surface area contributed by atoms with Crippen molar-refractivity contribution in [2.75, 3.05) is 26.9 Å². The van der Waals surface area contributed by atoms with Crippen LogP contribution < -0.4 is 25.5 Å². The van der Waals surface area contributed by atoms with Crippen LogP contribution in [0.5, 0.6) is 23.0 Å². The molecule has 0 aliphatic carbocycles. The van der Waals surface area contributed by atoms with Gasteiger partial charge in [0.1, 0.15) is 24.7 Å². The molecule has 1 aromatic heterocycles. The Morgan fingerprint density at radius 2 is 1.81 bits per heavy atom. The van der Waals surface area contributed by atoms with E-state index < -0.39 is 11.2 Å². The van der Waals surface area contributed by atoms with Crippen LogP contribution in [0.3, 0.4) is 0 Å². The van der Waals surface area contributed by atoms with Crippen LogP contribution in [0.25, 0.3) is 4.85 Å². The van der Waals surface area contributed by atoms with Crippen LogP contribution in [-0.2, 0) is 11.3 Å². The molecule has 1 heterocycles. The van der Waals surface area contributed by atoms with Crippen molar-refractivity contribution in [2.24, 2.45) is 0 Å². The summed E-state index contributed by atoms with van der Waals surface area (Å²) in [6.45, 7) is 8.45. The second-order valence-corrected chi connectivity index (χ2v) is 6.31. The minimum Gasteiger partial charge on any atom is -0.491 e. The molecule has 0 amide bonds. The monoisotopic (exact) mass is 423 g/mol. The lowest BCUT2D eigenvalue weighted by Crippen LogP contribution is -2.30.